The molecule has 0 bridgehead atoms. The van der Waals surface area contributed by atoms with E-state index in [9.17, 15) is 4.79 Å². The number of aromatic nitrogens is 2. The number of methoxy groups -OCH3 is 1. The van der Waals surface area contributed by atoms with E-state index in [-0.39, 0.29) is 17.6 Å². The first-order chi connectivity index (χ1) is 11.6. The molecule has 0 saturated carbocycles. The van der Waals surface area contributed by atoms with E-state index in [0.29, 0.717) is 24.7 Å². The predicted molar refractivity (Wildman–Crippen MR) is 91.6 cm³/mol. The van der Waals surface area contributed by atoms with Crippen molar-refractivity contribution in [3.63, 3.8) is 0 Å². The number of hydrogen-bond acceptors (Lipinski definition) is 6. The Balaban J connectivity index is 1.74. The molecule has 1 aromatic carbocycles. The lowest BCUT2D eigenvalue weighted by Crippen LogP contribution is -2.29. The van der Waals surface area contributed by atoms with Crippen LogP contribution in [-0.4, -0.2) is 42.4 Å². The Labute approximate surface area is 141 Å². The van der Waals surface area contributed by atoms with Gasteiger partial charge in [-0.05, 0) is 50.2 Å². The molecule has 0 aliphatic heterocycles. The zero-order chi connectivity index (χ0) is 17.4. The van der Waals surface area contributed by atoms with Crippen LogP contribution in [0, 0.1) is 0 Å². The van der Waals surface area contributed by atoms with Crippen molar-refractivity contribution in [2.75, 3.05) is 25.6 Å². The van der Waals surface area contributed by atoms with Crippen LogP contribution in [0.25, 0.3) is 0 Å². The van der Waals surface area contributed by atoms with Gasteiger partial charge in [0, 0.05) is 6.04 Å². The van der Waals surface area contributed by atoms with E-state index in [2.05, 4.69) is 20.8 Å². The van der Waals surface area contributed by atoms with Gasteiger partial charge in [0.1, 0.15) is 23.9 Å². The van der Waals surface area contributed by atoms with E-state index in [1.54, 1.807) is 19.2 Å². The van der Waals surface area contributed by atoms with Crippen molar-refractivity contribution in [2.45, 2.75) is 19.9 Å². The first-order valence-electron chi connectivity index (χ1n) is 7.74. The van der Waals surface area contributed by atoms with Gasteiger partial charge in [0.05, 0.1) is 13.7 Å². The molecule has 7 nitrogen and oxygen atoms in total. The fourth-order valence-corrected chi connectivity index (χ4v) is 1.92. The Hall–Kier alpha value is -2.83. The number of amides is 1. The summed E-state index contributed by atoms with van der Waals surface area (Å²) in [5.41, 5.74) is 0.272. The Kier molecular flexibility index (Phi) is 6.36. The molecule has 0 aliphatic rings. The molecule has 0 aliphatic carbocycles. The lowest BCUT2D eigenvalue weighted by Gasteiger charge is -2.09. The van der Waals surface area contributed by atoms with Gasteiger partial charge in [0.25, 0.3) is 5.91 Å². The summed E-state index contributed by atoms with van der Waals surface area (Å²) in [6.45, 7) is 4.74. The number of hydrogen-bond donors (Lipinski definition) is 2. The van der Waals surface area contributed by atoms with Crippen molar-refractivity contribution in [3.8, 4) is 11.5 Å². The summed E-state index contributed by atoms with van der Waals surface area (Å²) in [5.74, 6) is 1.85. The minimum Gasteiger partial charge on any atom is -0.497 e. The molecule has 128 valence electrons. The molecule has 24 heavy (non-hydrogen) atoms. The van der Waals surface area contributed by atoms with Crippen molar-refractivity contribution >= 4 is 11.7 Å². The molecular formula is C17H22N4O3. The SMILES string of the molecule is COc1ccc(OCCNC(=O)c2ccc(NC(C)C)nn2)cc1. The number of carbonyl (C=O) groups excluding carboxylic acids is 1. The molecule has 7 heteroatoms. The van der Waals surface area contributed by atoms with Crippen LogP contribution in [0.5, 0.6) is 11.5 Å². The van der Waals surface area contributed by atoms with E-state index in [0.717, 1.165) is 5.75 Å². The van der Waals surface area contributed by atoms with E-state index >= 15 is 0 Å². The standard InChI is InChI=1S/C17H22N4O3/c1-12(2)19-16-9-8-15(20-21-16)17(22)18-10-11-24-14-6-4-13(23-3)5-7-14/h4-9,12H,10-11H2,1-3H3,(H,18,22)(H,19,21). The molecular weight excluding hydrogens is 308 g/mol. The van der Waals surface area contributed by atoms with Crippen LogP contribution in [0.3, 0.4) is 0 Å². The first kappa shape index (κ1) is 17.5. The molecule has 0 atom stereocenters. The summed E-state index contributed by atoms with van der Waals surface area (Å²) < 4.78 is 10.6. The highest BCUT2D eigenvalue weighted by Crippen LogP contribution is 2.16. The summed E-state index contributed by atoms with van der Waals surface area (Å²) in [7, 11) is 1.61. The molecule has 2 aromatic rings. The third-order valence-corrected chi connectivity index (χ3v) is 3.05. The molecule has 0 radical (unpaired) electrons. The van der Waals surface area contributed by atoms with Gasteiger partial charge in [-0.3, -0.25) is 4.79 Å². The molecule has 1 aromatic heterocycles. The molecule has 2 rings (SSSR count). The maximum absolute atomic E-state index is 12.0. The molecule has 2 N–H and O–H groups in total. The van der Waals surface area contributed by atoms with Crippen LogP contribution in [0.2, 0.25) is 0 Å². The third kappa shape index (κ3) is 5.42. The van der Waals surface area contributed by atoms with Crippen molar-refractivity contribution in [2.24, 2.45) is 0 Å². The summed E-state index contributed by atoms with van der Waals surface area (Å²) in [6, 6.07) is 10.9. The van der Waals surface area contributed by atoms with Crippen LogP contribution < -0.4 is 20.1 Å². The van der Waals surface area contributed by atoms with Crippen molar-refractivity contribution < 1.29 is 14.3 Å². The number of benzene rings is 1. The average Bonchev–Trinajstić information content (AvgIpc) is 2.59. The Morgan fingerprint density at radius 3 is 2.38 bits per heavy atom. The molecule has 0 spiro atoms. The van der Waals surface area contributed by atoms with Gasteiger partial charge < -0.3 is 20.1 Å². The summed E-state index contributed by atoms with van der Waals surface area (Å²) >= 11 is 0. The lowest BCUT2D eigenvalue weighted by molar-refractivity contribution is 0.0941. The Bertz CT molecular complexity index is 642. The number of rotatable bonds is 8. The van der Waals surface area contributed by atoms with Gasteiger partial charge in [-0.1, -0.05) is 0 Å². The van der Waals surface area contributed by atoms with Gasteiger partial charge in [-0.25, -0.2) is 0 Å². The van der Waals surface area contributed by atoms with Crippen molar-refractivity contribution in [1.29, 1.82) is 0 Å². The van der Waals surface area contributed by atoms with E-state index in [1.807, 2.05) is 38.1 Å². The number of ether oxygens (including phenoxy) is 2. The molecule has 0 fully saturated rings. The highest BCUT2D eigenvalue weighted by Gasteiger charge is 2.08. The minimum absolute atomic E-state index is 0.258. The second kappa shape index (κ2) is 8.71. The van der Waals surface area contributed by atoms with Crippen LogP contribution in [0.4, 0.5) is 5.82 Å². The van der Waals surface area contributed by atoms with E-state index < -0.39 is 0 Å². The number of carbonyl (C=O) groups is 1. The molecule has 0 saturated heterocycles. The summed E-state index contributed by atoms with van der Waals surface area (Å²) in [5, 5.41) is 13.7. The minimum atomic E-state index is -0.281. The van der Waals surface area contributed by atoms with Gasteiger partial charge >= 0.3 is 0 Å². The lowest BCUT2D eigenvalue weighted by atomic mass is 10.3. The second-order valence-corrected chi connectivity index (χ2v) is 5.38. The fourth-order valence-electron chi connectivity index (χ4n) is 1.92. The van der Waals surface area contributed by atoms with Gasteiger partial charge in [-0.2, -0.15) is 0 Å². The van der Waals surface area contributed by atoms with Gasteiger partial charge in [0.2, 0.25) is 0 Å². The van der Waals surface area contributed by atoms with Gasteiger partial charge in [-0.15, -0.1) is 10.2 Å². The fraction of sp³-hybridized carbons (Fsp3) is 0.353. The second-order valence-electron chi connectivity index (χ2n) is 5.38. The maximum atomic E-state index is 12.0. The number of nitrogens with zero attached hydrogens (tertiary/aromatic N) is 2. The predicted octanol–water partition coefficient (Wildman–Crippen LogP) is 2.11. The average molecular weight is 330 g/mol. The summed E-state index contributed by atoms with van der Waals surface area (Å²) in [4.78, 5) is 12.0. The van der Waals surface area contributed by atoms with E-state index in [4.69, 9.17) is 9.47 Å². The maximum Gasteiger partial charge on any atom is 0.271 e. The Morgan fingerprint density at radius 2 is 1.79 bits per heavy atom. The third-order valence-electron chi connectivity index (χ3n) is 3.05. The van der Waals surface area contributed by atoms with E-state index in [1.165, 1.54) is 0 Å². The van der Waals surface area contributed by atoms with Crippen molar-refractivity contribution in [3.05, 3.63) is 42.1 Å². The zero-order valence-electron chi connectivity index (χ0n) is 14.1. The van der Waals surface area contributed by atoms with Crippen LogP contribution in [-0.2, 0) is 0 Å². The smallest absolute Gasteiger partial charge is 0.271 e. The zero-order valence-corrected chi connectivity index (χ0v) is 14.1. The largest absolute Gasteiger partial charge is 0.497 e. The van der Waals surface area contributed by atoms with Crippen molar-refractivity contribution in [1.82, 2.24) is 15.5 Å². The van der Waals surface area contributed by atoms with Crippen LogP contribution in [0.15, 0.2) is 36.4 Å². The van der Waals surface area contributed by atoms with Crippen LogP contribution >= 0.6 is 0 Å². The summed E-state index contributed by atoms with van der Waals surface area (Å²) in [6.07, 6.45) is 0. The highest BCUT2D eigenvalue weighted by molar-refractivity contribution is 5.92. The Morgan fingerprint density at radius 1 is 1.08 bits per heavy atom. The van der Waals surface area contributed by atoms with Crippen LogP contribution in [0.1, 0.15) is 24.3 Å². The number of anilines is 1. The quantitative estimate of drug-likeness (QED) is 0.721. The normalized spacial score (nSPS) is 10.3. The molecule has 0 unspecified atom stereocenters. The molecule has 1 amide bonds. The highest BCUT2D eigenvalue weighted by atomic mass is 16.5. The monoisotopic (exact) mass is 330 g/mol. The molecule has 1 heterocycles. The number of nitrogens with one attached hydrogen (secondary N) is 2. The first-order valence-corrected chi connectivity index (χ1v) is 7.74. The van der Waals surface area contributed by atoms with Gasteiger partial charge in [0.15, 0.2) is 5.69 Å². The topological polar surface area (TPSA) is 85.4 Å².